The molecule has 1 aromatic rings. The zero-order valence-corrected chi connectivity index (χ0v) is 8.14. The van der Waals surface area contributed by atoms with Crippen LogP contribution in [-0.4, -0.2) is 11.3 Å². The number of rotatable bonds is 3. The average molecular weight is 193 g/mol. The summed E-state index contributed by atoms with van der Waals surface area (Å²) >= 11 is 1.67. The van der Waals surface area contributed by atoms with Gasteiger partial charge in [0.2, 0.25) is 0 Å². The predicted molar refractivity (Wildman–Crippen MR) is 51.1 cm³/mol. The second kappa shape index (κ2) is 2.41. The highest BCUT2D eigenvalue weighted by Crippen LogP contribution is 2.53. The van der Waals surface area contributed by atoms with Crippen LogP contribution in [0.25, 0.3) is 0 Å². The van der Waals surface area contributed by atoms with E-state index in [1.807, 2.05) is 5.51 Å². The number of carbonyl (C=O) groups excluding carboxylic acids is 1. The van der Waals surface area contributed by atoms with Gasteiger partial charge >= 0.3 is 0 Å². The highest BCUT2D eigenvalue weighted by molar-refractivity contribution is 7.10. The van der Waals surface area contributed by atoms with E-state index in [0.29, 0.717) is 5.92 Å². The van der Waals surface area contributed by atoms with Crippen molar-refractivity contribution >= 4 is 17.6 Å². The lowest BCUT2D eigenvalue weighted by atomic mass is 10.0. The minimum Gasteiger partial charge on any atom is -0.302 e. The molecule has 1 aromatic heterocycles. The van der Waals surface area contributed by atoms with Gasteiger partial charge in [0, 0.05) is 10.8 Å². The lowest BCUT2D eigenvalue weighted by Crippen LogP contribution is -2.08. The smallest absolute Gasteiger partial charge is 0.131 e. The van der Waals surface area contributed by atoms with Crippen LogP contribution < -0.4 is 0 Å². The molecule has 13 heavy (non-hydrogen) atoms. The molecular weight excluding hydrogens is 182 g/mol. The molecule has 0 spiro atoms. The third-order valence-corrected chi connectivity index (χ3v) is 4.09. The van der Waals surface area contributed by atoms with E-state index in [1.165, 1.54) is 23.4 Å². The Bertz CT molecular complexity index is 350. The first kappa shape index (κ1) is 7.68. The van der Waals surface area contributed by atoms with Crippen molar-refractivity contribution in [1.82, 2.24) is 4.98 Å². The van der Waals surface area contributed by atoms with Crippen molar-refractivity contribution in [2.75, 3.05) is 0 Å². The Morgan fingerprint density at radius 1 is 1.54 bits per heavy atom. The van der Waals surface area contributed by atoms with Crippen LogP contribution in [0, 0.1) is 0 Å². The van der Waals surface area contributed by atoms with E-state index in [4.69, 9.17) is 0 Å². The number of aromatic nitrogens is 1. The van der Waals surface area contributed by atoms with Crippen molar-refractivity contribution in [3.63, 3.8) is 0 Å². The SMILES string of the molecule is O=CC1(c2scnc2C2CC2)CC1. The molecule has 3 rings (SSSR count). The third kappa shape index (κ3) is 1.06. The molecule has 3 heteroatoms. The maximum Gasteiger partial charge on any atom is 0.131 e. The Labute approximate surface area is 81.0 Å². The summed E-state index contributed by atoms with van der Waals surface area (Å²) < 4.78 is 0. The van der Waals surface area contributed by atoms with Gasteiger partial charge in [-0.2, -0.15) is 0 Å². The first-order valence-corrected chi connectivity index (χ1v) is 5.64. The molecule has 0 amide bonds. The molecule has 68 valence electrons. The fourth-order valence-corrected chi connectivity index (χ4v) is 2.91. The fourth-order valence-electron chi connectivity index (χ4n) is 1.81. The minimum atomic E-state index is -0.0981. The number of hydrogen-bond acceptors (Lipinski definition) is 3. The topological polar surface area (TPSA) is 30.0 Å². The summed E-state index contributed by atoms with van der Waals surface area (Å²) in [6.45, 7) is 0. The van der Waals surface area contributed by atoms with Gasteiger partial charge in [-0.15, -0.1) is 11.3 Å². The maximum absolute atomic E-state index is 11.0. The molecule has 0 unspecified atom stereocenters. The molecule has 0 N–H and O–H groups in total. The second-order valence-corrected chi connectivity index (χ2v) is 4.97. The summed E-state index contributed by atoms with van der Waals surface area (Å²) in [5.41, 5.74) is 3.03. The van der Waals surface area contributed by atoms with Crippen LogP contribution in [0.1, 0.15) is 42.2 Å². The van der Waals surface area contributed by atoms with Gasteiger partial charge < -0.3 is 4.79 Å². The summed E-state index contributed by atoms with van der Waals surface area (Å²) in [4.78, 5) is 16.6. The summed E-state index contributed by atoms with van der Waals surface area (Å²) in [7, 11) is 0. The highest BCUT2D eigenvalue weighted by Gasteiger charge is 2.48. The number of carbonyl (C=O) groups is 1. The number of hydrogen-bond donors (Lipinski definition) is 0. The molecule has 2 aliphatic carbocycles. The molecule has 0 aromatic carbocycles. The van der Waals surface area contributed by atoms with Gasteiger partial charge in [0.05, 0.1) is 16.6 Å². The molecular formula is C10H11NOS. The van der Waals surface area contributed by atoms with Crippen molar-refractivity contribution in [2.24, 2.45) is 0 Å². The fraction of sp³-hybridized carbons (Fsp3) is 0.600. The molecule has 0 saturated heterocycles. The van der Waals surface area contributed by atoms with Crippen LogP contribution in [-0.2, 0) is 10.2 Å². The van der Waals surface area contributed by atoms with E-state index in [0.717, 1.165) is 19.1 Å². The van der Waals surface area contributed by atoms with Crippen molar-refractivity contribution in [1.29, 1.82) is 0 Å². The Morgan fingerprint density at radius 3 is 2.85 bits per heavy atom. The average Bonchev–Trinajstić information content (AvgIpc) is 3.07. The monoisotopic (exact) mass is 193 g/mol. The lowest BCUT2D eigenvalue weighted by molar-refractivity contribution is -0.109. The van der Waals surface area contributed by atoms with E-state index < -0.39 is 0 Å². The largest absolute Gasteiger partial charge is 0.302 e. The van der Waals surface area contributed by atoms with E-state index in [-0.39, 0.29) is 5.41 Å². The molecule has 0 aliphatic heterocycles. The van der Waals surface area contributed by atoms with Gasteiger partial charge in [-0.25, -0.2) is 4.98 Å². The molecule has 0 radical (unpaired) electrons. The Balaban J connectivity index is 2.03. The highest BCUT2D eigenvalue weighted by atomic mass is 32.1. The van der Waals surface area contributed by atoms with Crippen LogP contribution in [0.3, 0.4) is 0 Å². The Hall–Kier alpha value is -0.700. The van der Waals surface area contributed by atoms with Gasteiger partial charge in [-0.3, -0.25) is 0 Å². The molecule has 2 nitrogen and oxygen atoms in total. The minimum absolute atomic E-state index is 0.0981. The van der Waals surface area contributed by atoms with E-state index in [9.17, 15) is 4.79 Å². The summed E-state index contributed by atoms with van der Waals surface area (Å²) in [6, 6.07) is 0. The normalized spacial score (nSPS) is 24.3. The van der Waals surface area contributed by atoms with Gasteiger partial charge in [-0.05, 0) is 25.7 Å². The molecule has 2 fully saturated rings. The van der Waals surface area contributed by atoms with Crippen LogP contribution in [0.2, 0.25) is 0 Å². The van der Waals surface area contributed by atoms with Crippen molar-refractivity contribution in [2.45, 2.75) is 37.0 Å². The van der Waals surface area contributed by atoms with Crippen LogP contribution in [0.4, 0.5) is 0 Å². The summed E-state index contributed by atoms with van der Waals surface area (Å²) in [5, 5.41) is 0. The van der Waals surface area contributed by atoms with Gasteiger partial charge in [-0.1, -0.05) is 0 Å². The van der Waals surface area contributed by atoms with Crippen molar-refractivity contribution < 1.29 is 4.79 Å². The van der Waals surface area contributed by atoms with Crippen molar-refractivity contribution in [3.05, 3.63) is 16.1 Å². The summed E-state index contributed by atoms with van der Waals surface area (Å²) in [5.74, 6) is 0.679. The molecule has 1 heterocycles. The zero-order chi connectivity index (χ0) is 8.89. The van der Waals surface area contributed by atoms with Crippen molar-refractivity contribution in [3.8, 4) is 0 Å². The number of aldehydes is 1. The van der Waals surface area contributed by atoms with Gasteiger partial charge in [0.1, 0.15) is 6.29 Å². The Kier molecular flexibility index (Phi) is 1.42. The number of nitrogens with zero attached hydrogens (tertiary/aromatic N) is 1. The van der Waals surface area contributed by atoms with Crippen LogP contribution in [0.15, 0.2) is 5.51 Å². The quantitative estimate of drug-likeness (QED) is 0.689. The third-order valence-electron chi connectivity index (χ3n) is 3.03. The standard InChI is InChI=1S/C10H11NOS/c12-5-10(3-4-10)9-8(7-1-2-7)11-6-13-9/h5-7H,1-4H2. The number of thiazole rings is 1. The second-order valence-electron chi connectivity index (χ2n) is 4.11. The Morgan fingerprint density at radius 2 is 2.31 bits per heavy atom. The molecule has 2 aliphatic rings. The first-order chi connectivity index (χ1) is 6.36. The first-order valence-electron chi connectivity index (χ1n) is 4.76. The zero-order valence-electron chi connectivity index (χ0n) is 7.32. The van der Waals surface area contributed by atoms with Crippen LogP contribution >= 0.6 is 11.3 Å². The summed E-state index contributed by atoms with van der Waals surface area (Å²) in [6.07, 6.45) is 5.75. The van der Waals surface area contributed by atoms with Gasteiger partial charge in [0.25, 0.3) is 0 Å². The predicted octanol–water partition coefficient (Wildman–Crippen LogP) is 2.25. The van der Waals surface area contributed by atoms with Crippen LogP contribution in [0.5, 0.6) is 0 Å². The molecule has 0 bridgehead atoms. The lowest BCUT2D eigenvalue weighted by Gasteiger charge is -2.05. The van der Waals surface area contributed by atoms with Gasteiger partial charge in [0.15, 0.2) is 0 Å². The van der Waals surface area contributed by atoms with E-state index in [1.54, 1.807) is 11.3 Å². The van der Waals surface area contributed by atoms with E-state index in [2.05, 4.69) is 4.98 Å². The molecule has 0 atom stereocenters. The molecule has 2 saturated carbocycles. The maximum atomic E-state index is 11.0. The van der Waals surface area contributed by atoms with E-state index >= 15 is 0 Å².